The summed E-state index contributed by atoms with van der Waals surface area (Å²) in [6.45, 7) is 12.2. The Morgan fingerprint density at radius 3 is 2.06 bits per heavy atom. The number of benzene rings is 3. The van der Waals surface area contributed by atoms with Crippen molar-refractivity contribution in [3.8, 4) is 41.1 Å². The molecule has 0 N–H and O–H groups in total. The SMILES string of the molecule is CCCCC(CC)Cc1ccc(-c2c3cc(-c4sc(C(C)c5ccccc5)c5c6c(sc45)C4OC4N(CCCC)C6=O)sc3c(-c3ccc(C)s3)c3cc(-c4ccccc4)sc23)s1. The lowest BCUT2D eigenvalue weighted by molar-refractivity contribution is 0.0666. The van der Waals surface area contributed by atoms with Gasteiger partial charge in [0.1, 0.15) is 6.10 Å². The first-order valence-electron chi connectivity index (χ1n) is 22.7. The summed E-state index contributed by atoms with van der Waals surface area (Å²) >= 11 is 11.5. The van der Waals surface area contributed by atoms with Crippen molar-refractivity contribution in [2.75, 3.05) is 6.54 Å². The van der Waals surface area contributed by atoms with Crippen molar-refractivity contribution in [2.45, 2.75) is 97.8 Å². The zero-order valence-electron chi connectivity index (χ0n) is 36.4. The van der Waals surface area contributed by atoms with Crippen molar-refractivity contribution in [3.05, 3.63) is 128 Å². The molecule has 4 unspecified atom stereocenters. The maximum absolute atomic E-state index is 14.7. The first kappa shape index (κ1) is 41.8. The molecule has 0 radical (unpaired) electrons. The van der Waals surface area contributed by atoms with Crippen molar-refractivity contribution >= 4 is 104 Å². The molecular formula is C54H51NO2S6. The predicted molar refractivity (Wildman–Crippen MR) is 277 cm³/mol. The fraction of sp³-hybridized carbons (Fsp3) is 0.315. The topological polar surface area (TPSA) is 32.8 Å². The summed E-state index contributed by atoms with van der Waals surface area (Å²) in [5.74, 6) is 0.990. The summed E-state index contributed by atoms with van der Waals surface area (Å²) in [6.07, 6.45) is 8.08. The Bertz CT molecular complexity index is 3120. The first-order chi connectivity index (χ1) is 30.8. The van der Waals surface area contributed by atoms with Gasteiger partial charge in [-0.05, 0) is 73.2 Å². The number of unbranched alkanes of at least 4 members (excludes halogenated alkanes) is 2. The van der Waals surface area contributed by atoms with Crippen LogP contribution < -0.4 is 0 Å². The number of hydrogen-bond acceptors (Lipinski definition) is 8. The van der Waals surface area contributed by atoms with E-state index in [1.54, 1.807) is 0 Å². The Hall–Kier alpha value is -3.93. The molecule has 320 valence electrons. The molecule has 0 saturated carbocycles. The van der Waals surface area contributed by atoms with E-state index >= 15 is 0 Å². The second-order valence-corrected chi connectivity index (χ2v) is 24.1. The lowest BCUT2D eigenvalue weighted by Gasteiger charge is -2.24. The number of hydrogen-bond donors (Lipinski definition) is 0. The third kappa shape index (κ3) is 7.31. The van der Waals surface area contributed by atoms with Crippen molar-refractivity contribution in [3.63, 3.8) is 0 Å². The highest BCUT2D eigenvalue weighted by Crippen LogP contribution is 2.60. The number of aryl methyl sites for hydroxylation is 1. The second kappa shape index (κ2) is 17.1. The van der Waals surface area contributed by atoms with Crippen LogP contribution in [0.1, 0.15) is 114 Å². The maximum Gasteiger partial charge on any atom is 0.257 e. The van der Waals surface area contributed by atoms with Gasteiger partial charge in [0, 0.05) is 83.3 Å². The minimum Gasteiger partial charge on any atom is -0.342 e. The van der Waals surface area contributed by atoms with E-state index in [0.717, 1.165) is 41.6 Å². The molecule has 9 aromatic rings. The molecule has 0 bridgehead atoms. The van der Waals surface area contributed by atoms with Crippen LogP contribution >= 0.6 is 68.0 Å². The molecule has 1 fully saturated rings. The van der Waals surface area contributed by atoms with Crippen LogP contribution in [0, 0.1) is 12.8 Å². The smallest absolute Gasteiger partial charge is 0.257 e. The molecule has 11 rings (SSSR count). The van der Waals surface area contributed by atoms with Gasteiger partial charge >= 0.3 is 0 Å². The predicted octanol–water partition coefficient (Wildman–Crippen LogP) is 18.1. The highest BCUT2D eigenvalue weighted by atomic mass is 32.1. The number of carbonyl (C=O) groups excluding carboxylic acids is 1. The number of thiophene rings is 6. The number of nitrogens with zero attached hydrogens (tertiary/aromatic N) is 1. The minimum atomic E-state index is -0.131. The van der Waals surface area contributed by atoms with Crippen LogP contribution in [0.25, 0.3) is 71.3 Å². The van der Waals surface area contributed by atoms with Crippen LogP contribution in [0.15, 0.2) is 97.1 Å². The van der Waals surface area contributed by atoms with Crippen LogP contribution in [0.3, 0.4) is 0 Å². The van der Waals surface area contributed by atoms with Gasteiger partial charge in [-0.25, -0.2) is 0 Å². The van der Waals surface area contributed by atoms with E-state index in [0.29, 0.717) is 5.92 Å². The molecule has 1 amide bonds. The monoisotopic (exact) mass is 937 g/mol. The Kier molecular flexibility index (Phi) is 11.4. The van der Waals surface area contributed by atoms with Crippen LogP contribution in [-0.2, 0) is 11.2 Å². The lowest BCUT2D eigenvalue weighted by Crippen LogP contribution is -2.37. The quantitative estimate of drug-likeness (QED) is 0.0960. The first-order valence-corrected chi connectivity index (χ1v) is 27.6. The summed E-state index contributed by atoms with van der Waals surface area (Å²) in [6, 6.07) is 36.3. The molecule has 3 nitrogen and oxygen atoms in total. The molecule has 1 saturated heterocycles. The Balaban J connectivity index is 1.16. The van der Waals surface area contributed by atoms with Crippen molar-refractivity contribution in [2.24, 2.45) is 5.92 Å². The van der Waals surface area contributed by atoms with Gasteiger partial charge in [-0.3, -0.25) is 4.79 Å². The average molecular weight is 938 g/mol. The fourth-order valence-electron chi connectivity index (χ4n) is 9.71. The van der Waals surface area contributed by atoms with Gasteiger partial charge in [-0.1, -0.05) is 120 Å². The van der Waals surface area contributed by atoms with E-state index in [1.807, 2.05) is 72.9 Å². The minimum absolute atomic E-state index is 0.0275. The van der Waals surface area contributed by atoms with Gasteiger partial charge in [-0.2, -0.15) is 0 Å². The van der Waals surface area contributed by atoms with Crippen molar-refractivity contribution in [1.82, 2.24) is 4.90 Å². The van der Waals surface area contributed by atoms with Gasteiger partial charge < -0.3 is 9.64 Å². The summed E-state index contributed by atoms with van der Waals surface area (Å²) < 4.78 is 10.3. The average Bonchev–Trinajstić information content (AvgIpc) is 3.98. The van der Waals surface area contributed by atoms with E-state index < -0.39 is 0 Å². The van der Waals surface area contributed by atoms with E-state index in [4.69, 9.17) is 4.74 Å². The molecule has 0 spiro atoms. The van der Waals surface area contributed by atoms with Gasteiger partial charge in [0.15, 0.2) is 6.23 Å². The molecule has 3 aromatic carbocycles. The molecule has 2 aliphatic heterocycles. The van der Waals surface area contributed by atoms with Crippen LogP contribution in [-0.4, -0.2) is 23.6 Å². The third-order valence-electron chi connectivity index (χ3n) is 13.2. The molecule has 6 aromatic heterocycles. The lowest BCUT2D eigenvalue weighted by atomic mass is 9.95. The molecule has 8 heterocycles. The van der Waals surface area contributed by atoms with Crippen LogP contribution in [0.2, 0.25) is 0 Å². The summed E-state index contributed by atoms with van der Waals surface area (Å²) in [5.41, 5.74) is 6.16. The van der Waals surface area contributed by atoms with Crippen LogP contribution in [0.4, 0.5) is 0 Å². The zero-order valence-corrected chi connectivity index (χ0v) is 41.3. The van der Waals surface area contributed by atoms with Gasteiger partial charge in [0.05, 0.1) is 20.0 Å². The summed E-state index contributed by atoms with van der Waals surface area (Å²) in [4.78, 5) is 28.5. The summed E-state index contributed by atoms with van der Waals surface area (Å²) in [7, 11) is 0. The number of carbonyl (C=O) groups is 1. The Morgan fingerprint density at radius 2 is 1.37 bits per heavy atom. The number of epoxide rings is 1. The largest absolute Gasteiger partial charge is 0.342 e. The molecular weight excluding hydrogens is 887 g/mol. The van der Waals surface area contributed by atoms with Gasteiger partial charge in [0.2, 0.25) is 0 Å². The number of ether oxygens (including phenoxy) is 1. The fourth-order valence-corrected chi connectivity index (χ4v) is 17.5. The zero-order chi connectivity index (χ0) is 42.9. The summed E-state index contributed by atoms with van der Waals surface area (Å²) in [5, 5.41) is 3.84. The molecule has 4 atom stereocenters. The van der Waals surface area contributed by atoms with E-state index in [9.17, 15) is 4.79 Å². The van der Waals surface area contributed by atoms with Crippen LogP contribution in [0.5, 0.6) is 0 Å². The molecule has 9 heteroatoms. The molecule has 63 heavy (non-hydrogen) atoms. The second-order valence-electron chi connectivity index (χ2n) is 17.4. The number of rotatable bonds is 15. The number of fused-ring (bicyclic) bond motifs is 7. The third-order valence-corrected chi connectivity index (χ3v) is 20.7. The Morgan fingerprint density at radius 1 is 0.683 bits per heavy atom. The van der Waals surface area contributed by atoms with E-state index in [2.05, 4.69) is 132 Å². The highest BCUT2D eigenvalue weighted by molar-refractivity contribution is 7.32. The van der Waals surface area contributed by atoms with Gasteiger partial charge in [0.25, 0.3) is 5.91 Å². The molecule has 0 aliphatic carbocycles. The Labute approximate surface area is 394 Å². The van der Waals surface area contributed by atoms with Gasteiger partial charge in [-0.15, -0.1) is 68.0 Å². The van der Waals surface area contributed by atoms with E-state index in [-0.39, 0.29) is 24.2 Å². The molecule has 2 aliphatic rings. The van der Waals surface area contributed by atoms with Crippen molar-refractivity contribution < 1.29 is 9.53 Å². The standard InChI is InChI=1S/C54H51NO2S6/c1-6-9-17-32(8-3)27-35-23-25-39(59-35)43-37-29-41(61-49(37)42(38-24-22-30(4)58-38)36-28-40(60-48(36)43)34-20-15-12-16-21-34)50-52-44(47(62-50)31(5)33-18-13-11-14-19-33)45-51(63-52)46-54(57-46)55(53(45)56)26-10-7-2/h11-16,18-25,28-29,31-32,46,54H,6-10,17,26-27H2,1-5H3. The normalized spacial score (nSPS) is 17.0. The number of amides is 1. The van der Waals surface area contributed by atoms with E-state index in [1.165, 1.54) is 112 Å². The van der Waals surface area contributed by atoms with Crippen molar-refractivity contribution in [1.29, 1.82) is 0 Å². The maximum atomic E-state index is 14.7. The highest BCUT2D eigenvalue weighted by Gasteiger charge is 2.54.